The number of carbonyl (C=O) groups is 2. The van der Waals surface area contributed by atoms with Crippen molar-refractivity contribution in [1.82, 2.24) is 0 Å². The molecule has 0 heterocycles. The first-order valence-corrected chi connectivity index (χ1v) is 8.04. The largest absolute Gasteiger partial charge is 0.452 e. The molecule has 0 aliphatic rings. The summed E-state index contributed by atoms with van der Waals surface area (Å²) in [4.78, 5) is 25.7. The van der Waals surface area contributed by atoms with E-state index in [0.29, 0.717) is 11.3 Å². The molecule has 1 N–H and O–H groups in total. The molecular formula is C17H17IN2O3. The van der Waals surface area contributed by atoms with Crippen molar-refractivity contribution in [3.05, 3.63) is 57.7 Å². The first kappa shape index (κ1) is 17.3. The summed E-state index contributed by atoms with van der Waals surface area (Å²) < 4.78 is 5.83. The fraction of sp³-hybridized carbons (Fsp3) is 0.176. The molecule has 0 aliphatic heterocycles. The Morgan fingerprint density at radius 2 is 1.74 bits per heavy atom. The number of ether oxygens (including phenoxy) is 1. The van der Waals surface area contributed by atoms with Crippen molar-refractivity contribution in [1.29, 1.82) is 0 Å². The Labute approximate surface area is 148 Å². The van der Waals surface area contributed by atoms with Gasteiger partial charge in [-0.25, -0.2) is 4.79 Å². The molecule has 120 valence electrons. The molecule has 0 atom stereocenters. The second-order valence-electron chi connectivity index (χ2n) is 5.05. The van der Waals surface area contributed by atoms with Gasteiger partial charge in [-0.3, -0.25) is 4.79 Å². The molecule has 0 aliphatic carbocycles. The van der Waals surface area contributed by atoms with Crippen LogP contribution in [0.15, 0.2) is 48.5 Å². The molecule has 0 bridgehead atoms. The molecule has 5 nitrogen and oxygen atoms in total. The third-order valence-electron chi connectivity index (χ3n) is 3.10. The maximum atomic E-state index is 11.9. The molecule has 0 fully saturated rings. The number of halogens is 1. The molecule has 2 aromatic rings. The number of hydrogen-bond acceptors (Lipinski definition) is 4. The highest BCUT2D eigenvalue weighted by Gasteiger charge is 2.12. The summed E-state index contributed by atoms with van der Waals surface area (Å²) in [6, 6.07) is 14.5. The van der Waals surface area contributed by atoms with Crippen molar-refractivity contribution in [2.45, 2.75) is 0 Å². The van der Waals surface area contributed by atoms with Crippen LogP contribution in [0.3, 0.4) is 0 Å². The highest BCUT2D eigenvalue weighted by atomic mass is 127. The van der Waals surface area contributed by atoms with Gasteiger partial charge in [-0.05, 0) is 59.0 Å². The van der Waals surface area contributed by atoms with Crippen LogP contribution in [-0.2, 0) is 9.53 Å². The number of anilines is 2. The number of nitrogens with one attached hydrogen (secondary N) is 1. The SMILES string of the molecule is CN(C)c1ccc(NC(=O)COC(=O)c2ccccc2I)cc1. The zero-order chi connectivity index (χ0) is 16.8. The molecule has 1 amide bonds. The summed E-state index contributed by atoms with van der Waals surface area (Å²) in [5, 5.41) is 2.69. The van der Waals surface area contributed by atoms with E-state index in [0.717, 1.165) is 9.26 Å². The Bertz CT molecular complexity index is 699. The van der Waals surface area contributed by atoms with E-state index in [1.54, 1.807) is 24.3 Å². The van der Waals surface area contributed by atoms with Gasteiger partial charge in [0, 0.05) is 29.0 Å². The summed E-state index contributed by atoms with van der Waals surface area (Å²) in [5.74, 6) is -0.880. The maximum Gasteiger partial charge on any atom is 0.339 e. The molecule has 2 rings (SSSR count). The van der Waals surface area contributed by atoms with E-state index in [2.05, 4.69) is 27.9 Å². The van der Waals surface area contributed by atoms with Gasteiger partial charge < -0.3 is 15.0 Å². The summed E-state index contributed by atoms with van der Waals surface area (Å²) in [7, 11) is 3.88. The van der Waals surface area contributed by atoms with Crippen molar-refractivity contribution >= 4 is 45.8 Å². The highest BCUT2D eigenvalue weighted by Crippen LogP contribution is 2.16. The van der Waals surface area contributed by atoms with E-state index in [4.69, 9.17) is 4.74 Å². The number of esters is 1. The van der Waals surface area contributed by atoms with E-state index in [1.807, 2.05) is 43.3 Å². The summed E-state index contributed by atoms with van der Waals surface area (Å²) >= 11 is 2.05. The topological polar surface area (TPSA) is 58.6 Å². The van der Waals surface area contributed by atoms with Crippen LogP contribution in [0.1, 0.15) is 10.4 Å². The minimum Gasteiger partial charge on any atom is -0.452 e. The second kappa shape index (κ2) is 7.96. The molecule has 0 aromatic heterocycles. The fourth-order valence-corrected chi connectivity index (χ4v) is 2.48. The molecule has 23 heavy (non-hydrogen) atoms. The third kappa shape index (κ3) is 4.95. The van der Waals surface area contributed by atoms with Crippen molar-refractivity contribution < 1.29 is 14.3 Å². The Morgan fingerprint density at radius 1 is 1.09 bits per heavy atom. The summed E-state index contributed by atoms with van der Waals surface area (Å²) in [5.41, 5.74) is 2.15. The number of amides is 1. The second-order valence-corrected chi connectivity index (χ2v) is 6.21. The van der Waals surface area contributed by atoms with Gasteiger partial charge in [0.05, 0.1) is 5.56 Å². The molecule has 6 heteroatoms. The van der Waals surface area contributed by atoms with E-state index in [-0.39, 0.29) is 12.5 Å². The molecule has 0 spiro atoms. The summed E-state index contributed by atoms with van der Waals surface area (Å²) in [6.45, 7) is -0.320. The average Bonchev–Trinajstić information content (AvgIpc) is 2.53. The Balaban J connectivity index is 1.88. The van der Waals surface area contributed by atoms with Gasteiger partial charge in [0.15, 0.2) is 6.61 Å². The normalized spacial score (nSPS) is 10.0. The predicted octanol–water partition coefficient (Wildman–Crippen LogP) is 3.15. The number of hydrogen-bond donors (Lipinski definition) is 1. The molecular weight excluding hydrogens is 407 g/mol. The van der Waals surface area contributed by atoms with Gasteiger partial charge in [-0.1, -0.05) is 12.1 Å². The summed E-state index contributed by atoms with van der Waals surface area (Å²) in [6.07, 6.45) is 0. The standard InChI is InChI=1S/C17H17IN2O3/c1-20(2)13-9-7-12(8-10-13)19-16(21)11-23-17(22)14-5-3-4-6-15(14)18/h3-10H,11H2,1-2H3,(H,19,21). The van der Waals surface area contributed by atoms with Gasteiger partial charge in [-0.15, -0.1) is 0 Å². The van der Waals surface area contributed by atoms with Crippen LogP contribution >= 0.6 is 22.6 Å². The minimum atomic E-state index is -0.506. The van der Waals surface area contributed by atoms with Crippen molar-refractivity contribution in [2.75, 3.05) is 30.9 Å². The van der Waals surface area contributed by atoms with Gasteiger partial charge in [0.1, 0.15) is 0 Å². The van der Waals surface area contributed by atoms with Gasteiger partial charge in [-0.2, -0.15) is 0 Å². The Kier molecular flexibility index (Phi) is 5.97. The lowest BCUT2D eigenvalue weighted by Gasteiger charge is -2.13. The first-order chi connectivity index (χ1) is 11.0. The lowest BCUT2D eigenvalue weighted by atomic mass is 10.2. The van der Waals surface area contributed by atoms with Crippen LogP contribution in [-0.4, -0.2) is 32.6 Å². The Morgan fingerprint density at radius 3 is 2.35 bits per heavy atom. The van der Waals surface area contributed by atoms with Gasteiger partial charge in [0.2, 0.25) is 0 Å². The van der Waals surface area contributed by atoms with E-state index < -0.39 is 5.97 Å². The van der Waals surface area contributed by atoms with Crippen LogP contribution < -0.4 is 10.2 Å². The van der Waals surface area contributed by atoms with Crippen LogP contribution in [0.25, 0.3) is 0 Å². The van der Waals surface area contributed by atoms with Crippen molar-refractivity contribution in [2.24, 2.45) is 0 Å². The van der Waals surface area contributed by atoms with Crippen LogP contribution in [0.4, 0.5) is 11.4 Å². The first-order valence-electron chi connectivity index (χ1n) is 6.96. The lowest BCUT2D eigenvalue weighted by molar-refractivity contribution is -0.119. The fourth-order valence-electron chi connectivity index (χ4n) is 1.88. The number of carbonyl (C=O) groups excluding carboxylic acids is 2. The predicted molar refractivity (Wildman–Crippen MR) is 98.8 cm³/mol. The monoisotopic (exact) mass is 424 g/mol. The van der Waals surface area contributed by atoms with Crippen molar-refractivity contribution in [3.8, 4) is 0 Å². The van der Waals surface area contributed by atoms with Crippen LogP contribution in [0.2, 0.25) is 0 Å². The minimum absolute atomic E-state index is 0.320. The van der Waals surface area contributed by atoms with Gasteiger partial charge >= 0.3 is 5.97 Å². The van der Waals surface area contributed by atoms with Gasteiger partial charge in [0.25, 0.3) is 5.91 Å². The van der Waals surface area contributed by atoms with Crippen molar-refractivity contribution in [3.63, 3.8) is 0 Å². The lowest BCUT2D eigenvalue weighted by Crippen LogP contribution is -2.21. The van der Waals surface area contributed by atoms with E-state index in [1.165, 1.54) is 0 Å². The third-order valence-corrected chi connectivity index (χ3v) is 4.04. The van der Waals surface area contributed by atoms with Crippen LogP contribution in [0.5, 0.6) is 0 Å². The highest BCUT2D eigenvalue weighted by molar-refractivity contribution is 14.1. The number of nitrogens with zero attached hydrogens (tertiary/aromatic N) is 1. The average molecular weight is 424 g/mol. The molecule has 0 saturated carbocycles. The Hall–Kier alpha value is -2.09. The number of rotatable bonds is 5. The smallest absolute Gasteiger partial charge is 0.339 e. The maximum absolute atomic E-state index is 11.9. The molecule has 0 unspecified atom stereocenters. The molecule has 2 aromatic carbocycles. The quantitative estimate of drug-likeness (QED) is 0.592. The molecule has 0 saturated heterocycles. The molecule has 0 radical (unpaired) electrons. The zero-order valence-electron chi connectivity index (χ0n) is 12.9. The number of benzene rings is 2. The van der Waals surface area contributed by atoms with E-state index in [9.17, 15) is 9.59 Å². The zero-order valence-corrected chi connectivity index (χ0v) is 15.0. The van der Waals surface area contributed by atoms with E-state index >= 15 is 0 Å². The van der Waals surface area contributed by atoms with Crippen LogP contribution in [0, 0.1) is 3.57 Å².